The van der Waals surface area contributed by atoms with Gasteiger partial charge in [-0.15, -0.1) is 0 Å². The van der Waals surface area contributed by atoms with E-state index >= 15 is 0 Å². The molecule has 0 saturated carbocycles. The molecule has 2 fully saturated rings. The Morgan fingerprint density at radius 2 is 2.05 bits per heavy atom. The highest BCUT2D eigenvalue weighted by Gasteiger charge is 2.29. The maximum absolute atomic E-state index is 12.6. The fourth-order valence-corrected chi connectivity index (χ4v) is 5.08. The molecule has 206 valence electrons. The number of likely N-dealkylation sites (tertiary alicyclic amines) is 1. The first kappa shape index (κ1) is 26.8. The zero-order valence-corrected chi connectivity index (χ0v) is 23.1. The van der Waals surface area contributed by atoms with Crippen LogP contribution in [0.1, 0.15) is 77.3 Å². The Hall–Kier alpha value is -3.78. The second-order valence-corrected chi connectivity index (χ2v) is 11.1. The Kier molecular flexibility index (Phi) is 7.66. The maximum atomic E-state index is 12.6. The number of carbonyl (C=O) groups is 1. The van der Waals surface area contributed by atoms with Crippen molar-refractivity contribution in [2.75, 3.05) is 25.0 Å². The molecule has 0 spiro atoms. The fourth-order valence-electron chi connectivity index (χ4n) is 5.08. The number of ether oxygens (including phenoxy) is 2. The molecule has 0 aliphatic carbocycles. The van der Waals surface area contributed by atoms with Crippen LogP contribution in [0.5, 0.6) is 0 Å². The molecule has 11 nitrogen and oxygen atoms in total. The summed E-state index contributed by atoms with van der Waals surface area (Å²) in [6.07, 6.45) is 6.68. The predicted molar refractivity (Wildman–Crippen MR) is 146 cm³/mol. The lowest BCUT2D eigenvalue weighted by Crippen LogP contribution is -2.47. The van der Waals surface area contributed by atoms with Gasteiger partial charge in [0.2, 0.25) is 5.95 Å². The van der Waals surface area contributed by atoms with Crippen molar-refractivity contribution >= 4 is 23.1 Å². The number of anilines is 1. The normalized spacial score (nSPS) is 20.0. The Bertz CT molecular complexity index is 1380. The standard InChI is InChI=1S/C28H36N8O3/c1-5-18-16-30-26(32-20-9-8-13-35(17-20)27(37)39-28(2,3)4)33-23(18)24-21-12-11-19(15-29)31-25(21)36(34-24)22-10-6-7-14-38-22/h11-12,16,20,22H,5-10,13-14,17H2,1-4H3,(H,30,32,33)/t20-,22?/m0/s1. The van der Waals surface area contributed by atoms with Crippen LogP contribution in [0.3, 0.4) is 0 Å². The summed E-state index contributed by atoms with van der Waals surface area (Å²) in [7, 11) is 0. The van der Waals surface area contributed by atoms with Gasteiger partial charge in [0.15, 0.2) is 11.9 Å². The fraction of sp³-hybridized carbons (Fsp3) is 0.571. The molecule has 3 aromatic rings. The van der Waals surface area contributed by atoms with Crippen molar-refractivity contribution in [2.24, 2.45) is 0 Å². The van der Waals surface area contributed by atoms with Crippen LogP contribution in [0.15, 0.2) is 18.3 Å². The molecule has 1 unspecified atom stereocenters. The van der Waals surface area contributed by atoms with Gasteiger partial charge in [-0.1, -0.05) is 6.92 Å². The molecule has 2 saturated heterocycles. The third-order valence-electron chi connectivity index (χ3n) is 6.97. The van der Waals surface area contributed by atoms with Crippen molar-refractivity contribution in [1.29, 1.82) is 5.26 Å². The van der Waals surface area contributed by atoms with E-state index in [2.05, 4.69) is 28.3 Å². The van der Waals surface area contributed by atoms with Crippen molar-refractivity contribution < 1.29 is 14.3 Å². The molecule has 5 rings (SSSR count). The number of aromatic nitrogens is 5. The summed E-state index contributed by atoms with van der Waals surface area (Å²) in [5.41, 5.74) is 2.78. The lowest BCUT2D eigenvalue weighted by atomic mass is 10.1. The average Bonchev–Trinajstić information content (AvgIpc) is 3.31. The molecular formula is C28H36N8O3. The number of pyridine rings is 1. The number of amides is 1. The van der Waals surface area contributed by atoms with E-state index in [0.717, 1.165) is 55.2 Å². The molecule has 1 N–H and O–H groups in total. The van der Waals surface area contributed by atoms with E-state index in [4.69, 9.17) is 19.6 Å². The summed E-state index contributed by atoms with van der Waals surface area (Å²) in [6.45, 7) is 9.53. The molecule has 2 aliphatic heterocycles. The smallest absolute Gasteiger partial charge is 0.410 e. The van der Waals surface area contributed by atoms with E-state index in [0.29, 0.717) is 42.7 Å². The minimum atomic E-state index is -0.539. The zero-order chi connectivity index (χ0) is 27.6. The van der Waals surface area contributed by atoms with Gasteiger partial charge in [-0.05, 0) is 77.0 Å². The van der Waals surface area contributed by atoms with Gasteiger partial charge in [-0.3, -0.25) is 0 Å². The highest BCUT2D eigenvalue weighted by atomic mass is 16.6. The van der Waals surface area contributed by atoms with E-state index in [9.17, 15) is 10.1 Å². The summed E-state index contributed by atoms with van der Waals surface area (Å²) in [5.74, 6) is 0.483. The summed E-state index contributed by atoms with van der Waals surface area (Å²) in [6, 6.07) is 5.72. The third-order valence-corrected chi connectivity index (χ3v) is 6.97. The summed E-state index contributed by atoms with van der Waals surface area (Å²) < 4.78 is 13.4. The summed E-state index contributed by atoms with van der Waals surface area (Å²) >= 11 is 0. The summed E-state index contributed by atoms with van der Waals surface area (Å²) in [4.78, 5) is 28.5. The number of piperidine rings is 1. The second kappa shape index (κ2) is 11.1. The molecular weight excluding hydrogens is 496 g/mol. The number of nitriles is 1. The third kappa shape index (κ3) is 5.96. The quantitative estimate of drug-likeness (QED) is 0.490. The number of nitrogens with one attached hydrogen (secondary N) is 1. The molecule has 3 aromatic heterocycles. The minimum absolute atomic E-state index is 0.00334. The number of fused-ring (bicyclic) bond motifs is 1. The predicted octanol–water partition coefficient (Wildman–Crippen LogP) is 4.83. The molecule has 11 heteroatoms. The Morgan fingerprint density at radius 1 is 1.21 bits per heavy atom. The number of hydrogen-bond acceptors (Lipinski definition) is 9. The van der Waals surface area contributed by atoms with Gasteiger partial charge in [0.25, 0.3) is 0 Å². The van der Waals surface area contributed by atoms with Gasteiger partial charge >= 0.3 is 6.09 Å². The first-order valence-corrected chi connectivity index (χ1v) is 13.8. The van der Waals surface area contributed by atoms with Gasteiger partial charge in [0.1, 0.15) is 23.1 Å². The van der Waals surface area contributed by atoms with Crippen LogP contribution < -0.4 is 5.32 Å². The topological polar surface area (TPSA) is 131 Å². The first-order valence-electron chi connectivity index (χ1n) is 13.8. The van der Waals surface area contributed by atoms with Crippen LogP contribution in [0.25, 0.3) is 22.4 Å². The monoisotopic (exact) mass is 532 g/mol. The van der Waals surface area contributed by atoms with Crippen molar-refractivity contribution in [3.8, 4) is 17.5 Å². The van der Waals surface area contributed by atoms with E-state index in [1.807, 2.05) is 33.0 Å². The SMILES string of the molecule is CCc1cnc(N[C@H]2CCCN(C(=O)OC(C)(C)C)C2)nc1-c1nn(C2CCCCO2)c2nc(C#N)ccc12. The Balaban J connectivity index is 1.46. The van der Waals surface area contributed by atoms with Crippen LogP contribution in [-0.2, 0) is 15.9 Å². The lowest BCUT2D eigenvalue weighted by molar-refractivity contribution is -0.0368. The van der Waals surface area contributed by atoms with Crippen molar-refractivity contribution in [2.45, 2.75) is 84.1 Å². The number of hydrogen-bond donors (Lipinski definition) is 1. The van der Waals surface area contributed by atoms with Crippen LogP contribution in [0.4, 0.5) is 10.7 Å². The molecule has 1 amide bonds. The number of nitrogens with zero attached hydrogens (tertiary/aromatic N) is 7. The lowest BCUT2D eigenvalue weighted by Gasteiger charge is -2.34. The highest BCUT2D eigenvalue weighted by molar-refractivity contribution is 5.91. The Morgan fingerprint density at radius 3 is 2.77 bits per heavy atom. The number of rotatable bonds is 5. The van der Waals surface area contributed by atoms with Gasteiger partial charge in [0, 0.05) is 37.3 Å². The van der Waals surface area contributed by atoms with Crippen LogP contribution in [0, 0.1) is 11.3 Å². The molecule has 39 heavy (non-hydrogen) atoms. The maximum Gasteiger partial charge on any atom is 0.410 e. The second-order valence-electron chi connectivity index (χ2n) is 11.1. The van der Waals surface area contributed by atoms with E-state index in [-0.39, 0.29) is 18.4 Å². The minimum Gasteiger partial charge on any atom is -0.444 e. The number of carbonyl (C=O) groups excluding carboxylic acids is 1. The summed E-state index contributed by atoms with van der Waals surface area (Å²) in [5, 5.41) is 18.7. The molecule has 0 radical (unpaired) electrons. The van der Waals surface area contributed by atoms with Crippen molar-refractivity contribution in [3.05, 3.63) is 29.6 Å². The molecule has 0 bridgehead atoms. The van der Waals surface area contributed by atoms with E-state index in [1.165, 1.54) is 0 Å². The van der Waals surface area contributed by atoms with Gasteiger partial charge < -0.3 is 19.7 Å². The van der Waals surface area contributed by atoms with Crippen LogP contribution >= 0.6 is 0 Å². The van der Waals surface area contributed by atoms with Gasteiger partial charge in [0.05, 0.1) is 5.69 Å². The molecule has 0 aromatic carbocycles. The van der Waals surface area contributed by atoms with Crippen LogP contribution in [0.2, 0.25) is 0 Å². The highest BCUT2D eigenvalue weighted by Crippen LogP contribution is 2.33. The van der Waals surface area contributed by atoms with Crippen molar-refractivity contribution in [1.82, 2.24) is 29.6 Å². The van der Waals surface area contributed by atoms with Gasteiger partial charge in [-0.25, -0.2) is 24.4 Å². The number of aryl methyl sites for hydroxylation is 1. The average molecular weight is 533 g/mol. The Labute approximate surface area is 228 Å². The van der Waals surface area contributed by atoms with Crippen LogP contribution in [-0.4, -0.2) is 67.1 Å². The van der Waals surface area contributed by atoms with E-state index in [1.54, 1.807) is 15.6 Å². The zero-order valence-electron chi connectivity index (χ0n) is 23.1. The van der Waals surface area contributed by atoms with E-state index < -0.39 is 5.60 Å². The molecule has 2 aliphatic rings. The molecule has 2 atom stereocenters. The largest absolute Gasteiger partial charge is 0.444 e. The molecule has 5 heterocycles. The van der Waals surface area contributed by atoms with Crippen molar-refractivity contribution in [3.63, 3.8) is 0 Å². The first-order chi connectivity index (χ1) is 18.8. The van der Waals surface area contributed by atoms with Gasteiger partial charge in [-0.2, -0.15) is 10.4 Å².